The van der Waals surface area contributed by atoms with Crippen LogP contribution >= 0.6 is 0 Å². The van der Waals surface area contributed by atoms with Crippen LogP contribution in [0.2, 0.25) is 0 Å². The maximum absolute atomic E-state index is 12.9. The molecule has 0 bridgehead atoms. The summed E-state index contributed by atoms with van der Waals surface area (Å²) in [6.07, 6.45) is -5.91. The molecule has 0 aliphatic carbocycles. The van der Waals surface area contributed by atoms with Gasteiger partial charge in [0.15, 0.2) is 0 Å². The van der Waals surface area contributed by atoms with Gasteiger partial charge in [-0.15, -0.1) is 0 Å². The summed E-state index contributed by atoms with van der Waals surface area (Å²) < 4.78 is 67.2. The molecular formula is C12H11F5O2. The fourth-order valence-electron chi connectivity index (χ4n) is 1.71. The van der Waals surface area contributed by atoms with Gasteiger partial charge in [-0.3, -0.25) is 4.79 Å². The number of halogens is 5. The van der Waals surface area contributed by atoms with Gasteiger partial charge in [-0.25, -0.2) is 0 Å². The number of hydrogen-bond acceptors (Lipinski definition) is 2. The van der Waals surface area contributed by atoms with Gasteiger partial charge in [-0.1, -0.05) is 0 Å². The first-order chi connectivity index (χ1) is 8.52. The highest BCUT2D eigenvalue weighted by Gasteiger charge is 2.63. The van der Waals surface area contributed by atoms with Gasteiger partial charge in [0.25, 0.3) is 0 Å². The Kier molecular flexibility index (Phi) is 3.88. The highest BCUT2D eigenvalue weighted by atomic mass is 19.4. The fraction of sp³-hybridized carbons (Fsp3) is 0.417. The van der Waals surface area contributed by atoms with Crippen molar-refractivity contribution in [2.75, 3.05) is 7.11 Å². The van der Waals surface area contributed by atoms with E-state index >= 15 is 0 Å². The predicted molar refractivity (Wildman–Crippen MR) is 57.8 cm³/mol. The molecule has 0 aliphatic rings. The molecule has 0 unspecified atom stereocenters. The molecular weight excluding hydrogens is 271 g/mol. The molecule has 1 aromatic carbocycles. The van der Waals surface area contributed by atoms with Crippen molar-refractivity contribution in [2.45, 2.75) is 25.9 Å². The second-order valence-corrected chi connectivity index (χ2v) is 4.04. The summed E-state index contributed by atoms with van der Waals surface area (Å²) in [7, 11) is 1.33. The van der Waals surface area contributed by atoms with Gasteiger partial charge in [0, 0.05) is 5.56 Å². The van der Waals surface area contributed by atoms with Crippen LogP contribution in [0.1, 0.15) is 21.5 Å². The van der Waals surface area contributed by atoms with E-state index in [0.717, 1.165) is 12.1 Å². The molecule has 1 rings (SSSR count). The number of carbonyl (C=O) groups excluding carboxylic acids is 1. The molecule has 0 fully saturated rings. The van der Waals surface area contributed by atoms with Gasteiger partial charge in [-0.05, 0) is 37.1 Å². The molecule has 0 saturated heterocycles. The Bertz CT molecular complexity index is 482. The van der Waals surface area contributed by atoms with Gasteiger partial charge in [0.05, 0.1) is 7.11 Å². The van der Waals surface area contributed by atoms with E-state index in [0.29, 0.717) is 16.9 Å². The Morgan fingerprint density at radius 3 is 1.79 bits per heavy atom. The molecule has 1 aromatic rings. The highest BCUT2D eigenvalue weighted by Crippen LogP contribution is 2.38. The summed E-state index contributed by atoms with van der Waals surface area (Å²) >= 11 is 0. The lowest BCUT2D eigenvalue weighted by atomic mass is 9.99. The number of methoxy groups -OCH3 is 1. The van der Waals surface area contributed by atoms with Crippen molar-refractivity contribution >= 4 is 5.78 Å². The molecule has 0 N–H and O–H groups in total. The smallest absolute Gasteiger partial charge is 0.461 e. The van der Waals surface area contributed by atoms with Crippen molar-refractivity contribution in [3.63, 3.8) is 0 Å². The minimum Gasteiger partial charge on any atom is -0.496 e. The van der Waals surface area contributed by atoms with Gasteiger partial charge in [0.2, 0.25) is 5.78 Å². The van der Waals surface area contributed by atoms with Gasteiger partial charge in [-0.2, -0.15) is 22.0 Å². The van der Waals surface area contributed by atoms with Crippen LogP contribution in [0.4, 0.5) is 22.0 Å². The summed E-state index contributed by atoms with van der Waals surface area (Å²) in [5.74, 6) is -7.33. The van der Waals surface area contributed by atoms with Crippen LogP contribution in [-0.2, 0) is 0 Å². The fourth-order valence-corrected chi connectivity index (χ4v) is 1.71. The van der Waals surface area contributed by atoms with E-state index in [1.54, 1.807) is 0 Å². The number of ketones is 1. The van der Waals surface area contributed by atoms with Crippen molar-refractivity contribution in [1.29, 1.82) is 0 Å². The molecule has 0 atom stereocenters. The monoisotopic (exact) mass is 282 g/mol. The van der Waals surface area contributed by atoms with Crippen LogP contribution in [0.25, 0.3) is 0 Å². The van der Waals surface area contributed by atoms with Crippen LogP contribution in [0.3, 0.4) is 0 Å². The van der Waals surface area contributed by atoms with Crippen LogP contribution in [0.5, 0.6) is 5.75 Å². The Labute approximate surface area is 106 Å². The molecule has 7 heteroatoms. The van der Waals surface area contributed by atoms with Crippen molar-refractivity contribution in [2.24, 2.45) is 0 Å². The molecule has 0 amide bonds. The summed E-state index contributed by atoms with van der Waals surface area (Å²) in [6.45, 7) is 2.91. The number of benzene rings is 1. The minimum absolute atomic E-state index is 0.309. The first-order valence-electron chi connectivity index (χ1n) is 5.17. The predicted octanol–water partition coefficient (Wildman–Crippen LogP) is 3.69. The number of carbonyl (C=O) groups is 1. The van der Waals surface area contributed by atoms with E-state index in [9.17, 15) is 26.7 Å². The van der Waals surface area contributed by atoms with E-state index in [2.05, 4.69) is 0 Å². The lowest BCUT2D eigenvalue weighted by Crippen LogP contribution is -2.44. The Morgan fingerprint density at radius 2 is 1.47 bits per heavy atom. The van der Waals surface area contributed by atoms with Crippen LogP contribution in [0, 0.1) is 13.8 Å². The maximum Gasteiger partial charge on any atom is 0.461 e. The number of hydrogen-bond donors (Lipinski definition) is 0. The number of Topliss-reactive ketones (excluding diaryl/α,β-unsaturated/α-hetero) is 1. The molecule has 0 spiro atoms. The zero-order valence-corrected chi connectivity index (χ0v) is 10.4. The normalized spacial score (nSPS) is 12.4. The molecule has 0 saturated carbocycles. The standard InChI is InChI=1S/C12H11F5O2/c1-6-4-8(5-7(2)9(6)19-3)10(18)11(13,14)12(15,16)17/h4-5H,1-3H3. The second-order valence-electron chi connectivity index (χ2n) is 4.04. The average Bonchev–Trinajstić information content (AvgIpc) is 2.25. The van der Waals surface area contributed by atoms with E-state index in [-0.39, 0.29) is 0 Å². The summed E-state index contributed by atoms with van der Waals surface area (Å²) in [4.78, 5) is 11.3. The lowest BCUT2D eigenvalue weighted by Gasteiger charge is -2.19. The number of ether oxygens (including phenoxy) is 1. The van der Waals surface area contributed by atoms with E-state index in [1.807, 2.05) is 0 Å². The summed E-state index contributed by atoms with van der Waals surface area (Å²) in [6, 6.07) is 1.90. The maximum atomic E-state index is 12.9. The number of alkyl halides is 5. The lowest BCUT2D eigenvalue weighted by molar-refractivity contribution is -0.255. The van der Waals surface area contributed by atoms with Crippen LogP contribution in [0.15, 0.2) is 12.1 Å². The van der Waals surface area contributed by atoms with Gasteiger partial charge < -0.3 is 4.74 Å². The van der Waals surface area contributed by atoms with Crippen molar-refractivity contribution in [1.82, 2.24) is 0 Å². The second kappa shape index (κ2) is 4.79. The Morgan fingerprint density at radius 1 is 1.05 bits per heavy atom. The summed E-state index contributed by atoms with van der Waals surface area (Å²) in [5.41, 5.74) is -0.0780. The number of rotatable bonds is 3. The first-order valence-corrected chi connectivity index (χ1v) is 5.17. The minimum atomic E-state index is -5.91. The van der Waals surface area contributed by atoms with E-state index in [1.165, 1.54) is 21.0 Å². The van der Waals surface area contributed by atoms with Gasteiger partial charge in [0.1, 0.15) is 5.75 Å². The van der Waals surface area contributed by atoms with Crippen molar-refractivity contribution in [3.05, 3.63) is 28.8 Å². The first kappa shape index (κ1) is 15.4. The molecule has 2 nitrogen and oxygen atoms in total. The zero-order valence-electron chi connectivity index (χ0n) is 10.4. The molecule has 0 aliphatic heterocycles. The quantitative estimate of drug-likeness (QED) is 0.624. The average molecular weight is 282 g/mol. The number of aryl methyl sites for hydroxylation is 2. The molecule has 106 valence electrons. The van der Waals surface area contributed by atoms with Crippen molar-refractivity contribution in [3.8, 4) is 5.75 Å². The van der Waals surface area contributed by atoms with Crippen LogP contribution in [-0.4, -0.2) is 25.0 Å². The van der Waals surface area contributed by atoms with Crippen molar-refractivity contribution < 1.29 is 31.5 Å². The van der Waals surface area contributed by atoms with Gasteiger partial charge >= 0.3 is 12.1 Å². The summed E-state index contributed by atoms with van der Waals surface area (Å²) in [5, 5.41) is 0. The zero-order chi connectivity index (χ0) is 15.0. The third-order valence-electron chi connectivity index (χ3n) is 2.57. The molecule has 0 aromatic heterocycles. The molecule has 0 radical (unpaired) electrons. The van der Waals surface area contributed by atoms with E-state index in [4.69, 9.17) is 4.74 Å². The third-order valence-corrected chi connectivity index (χ3v) is 2.57. The SMILES string of the molecule is COc1c(C)cc(C(=O)C(F)(F)C(F)(F)F)cc1C. The third kappa shape index (κ3) is 2.69. The van der Waals surface area contributed by atoms with Crippen LogP contribution < -0.4 is 4.74 Å². The molecule has 0 heterocycles. The Hall–Kier alpha value is -1.66. The van der Waals surface area contributed by atoms with E-state index < -0.39 is 23.4 Å². The largest absolute Gasteiger partial charge is 0.496 e. The highest BCUT2D eigenvalue weighted by molar-refractivity contribution is 6.02. The topological polar surface area (TPSA) is 26.3 Å². The molecule has 19 heavy (non-hydrogen) atoms. The Balaban J connectivity index is 3.30.